The molecule has 3 saturated carbocycles. The number of rotatable bonds is 4. The van der Waals surface area contributed by atoms with Gasteiger partial charge in [0.05, 0.1) is 17.0 Å². The van der Waals surface area contributed by atoms with Crippen molar-refractivity contribution in [2.45, 2.75) is 31.2 Å². The average Bonchev–Trinajstić information content (AvgIpc) is 3.42. The Labute approximate surface area is 168 Å². The van der Waals surface area contributed by atoms with Gasteiger partial charge in [0.15, 0.2) is 5.82 Å². The summed E-state index contributed by atoms with van der Waals surface area (Å²) in [6.07, 6.45) is 5.64. The standard InChI is InChI=1S/C20H16FN5O2S/c21-10-5-12-13(7-23-14(12)22-6-10)15-24-16(11-1-4-29-17(11)25-15)26-20-3-2-19(8-20,9-20)18(27)28/h1,4-7H,2-3,8-9H2,(H,22,23)(H,27,28)(H,24,25,26). The van der Waals surface area contributed by atoms with Crippen LogP contribution in [0.15, 0.2) is 29.9 Å². The van der Waals surface area contributed by atoms with E-state index in [0.717, 1.165) is 16.6 Å². The summed E-state index contributed by atoms with van der Waals surface area (Å²) in [5.41, 5.74) is 0.442. The van der Waals surface area contributed by atoms with Gasteiger partial charge in [-0.15, -0.1) is 11.3 Å². The molecule has 146 valence electrons. The zero-order valence-electron chi connectivity index (χ0n) is 15.2. The van der Waals surface area contributed by atoms with Crippen LogP contribution in [-0.4, -0.2) is 36.6 Å². The van der Waals surface area contributed by atoms with E-state index in [0.29, 0.717) is 47.5 Å². The third-order valence-electron chi connectivity index (χ3n) is 6.34. The molecule has 3 aliphatic carbocycles. The fourth-order valence-corrected chi connectivity index (χ4v) is 5.73. The van der Waals surface area contributed by atoms with Crippen molar-refractivity contribution in [2.24, 2.45) is 5.41 Å². The molecule has 4 aromatic rings. The number of halogens is 1. The Bertz CT molecular complexity index is 1310. The summed E-state index contributed by atoms with van der Waals surface area (Å²) in [5, 5.41) is 16.6. The third kappa shape index (κ3) is 2.33. The first-order chi connectivity index (χ1) is 14.0. The molecule has 0 amide bonds. The molecule has 0 unspecified atom stereocenters. The number of hydrogen-bond donors (Lipinski definition) is 3. The number of aliphatic carboxylic acids is 1. The molecule has 4 aromatic heterocycles. The number of hydrogen-bond acceptors (Lipinski definition) is 6. The van der Waals surface area contributed by atoms with Gasteiger partial charge in [-0.25, -0.2) is 19.3 Å². The molecule has 2 bridgehead atoms. The lowest BCUT2D eigenvalue weighted by Crippen LogP contribution is -2.52. The van der Waals surface area contributed by atoms with E-state index in [1.165, 1.54) is 23.6 Å². The second-order valence-electron chi connectivity index (χ2n) is 8.13. The zero-order chi connectivity index (χ0) is 19.8. The SMILES string of the molecule is O=C(O)C12CCC(Nc3nc(-c4c[nH]c5ncc(F)cc45)nc4sccc34)(C1)C2. The molecule has 0 aromatic carbocycles. The van der Waals surface area contributed by atoms with Gasteiger partial charge in [-0.2, -0.15) is 0 Å². The number of carbonyl (C=O) groups is 1. The number of aromatic nitrogens is 4. The van der Waals surface area contributed by atoms with E-state index >= 15 is 0 Å². The van der Waals surface area contributed by atoms with Gasteiger partial charge in [-0.05, 0) is 43.2 Å². The van der Waals surface area contributed by atoms with Crippen LogP contribution >= 0.6 is 11.3 Å². The number of thiophene rings is 1. The lowest BCUT2D eigenvalue weighted by atomic mass is 9.65. The molecule has 9 heteroatoms. The van der Waals surface area contributed by atoms with E-state index in [9.17, 15) is 14.3 Å². The second-order valence-corrected chi connectivity index (χ2v) is 9.03. The third-order valence-corrected chi connectivity index (χ3v) is 7.14. The minimum Gasteiger partial charge on any atom is -0.481 e. The average molecular weight is 409 g/mol. The Kier molecular flexibility index (Phi) is 3.20. The van der Waals surface area contributed by atoms with Gasteiger partial charge in [-0.1, -0.05) is 0 Å². The number of nitrogens with one attached hydrogen (secondary N) is 2. The lowest BCUT2D eigenvalue weighted by Gasteiger charge is -2.45. The predicted octanol–water partition coefficient (Wildman–Crippen LogP) is 4.18. The summed E-state index contributed by atoms with van der Waals surface area (Å²) in [6.45, 7) is 0. The molecule has 4 heterocycles. The Morgan fingerprint density at radius 2 is 2.14 bits per heavy atom. The summed E-state index contributed by atoms with van der Waals surface area (Å²) in [7, 11) is 0. The van der Waals surface area contributed by atoms with Crippen molar-refractivity contribution < 1.29 is 14.3 Å². The molecule has 3 fully saturated rings. The Morgan fingerprint density at radius 3 is 2.93 bits per heavy atom. The summed E-state index contributed by atoms with van der Waals surface area (Å²) in [6, 6.07) is 3.39. The van der Waals surface area contributed by atoms with Crippen LogP contribution in [0.4, 0.5) is 10.2 Å². The smallest absolute Gasteiger partial charge is 0.309 e. The number of pyridine rings is 1. The van der Waals surface area contributed by atoms with E-state index < -0.39 is 17.2 Å². The summed E-state index contributed by atoms with van der Waals surface area (Å²) in [5.74, 6) is 0.0631. The van der Waals surface area contributed by atoms with Crippen LogP contribution in [0.1, 0.15) is 25.7 Å². The Morgan fingerprint density at radius 1 is 1.28 bits per heavy atom. The largest absolute Gasteiger partial charge is 0.481 e. The topological polar surface area (TPSA) is 104 Å². The molecule has 7 rings (SSSR count). The van der Waals surface area contributed by atoms with Crippen LogP contribution in [0.5, 0.6) is 0 Å². The van der Waals surface area contributed by atoms with Crippen LogP contribution in [0.25, 0.3) is 32.6 Å². The maximum absolute atomic E-state index is 13.7. The van der Waals surface area contributed by atoms with Crippen molar-refractivity contribution >= 4 is 44.4 Å². The number of fused-ring (bicyclic) bond motifs is 3. The first-order valence-corrected chi connectivity index (χ1v) is 10.2. The number of anilines is 1. The van der Waals surface area contributed by atoms with Gasteiger partial charge < -0.3 is 15.4 Å². The van der Waals surface area contributed by atoms with Gasteiger partial charge in [-0.3, -0.25) is 4.79 Å². The first-order valence-electron chi connectivity index (χ1n) is 9.37. The molecule has 7 nitrogen and oxygen atoms in total. The maximum Gasteiger partial charge on any atom is 0.309 e. The zero-order valence-corrected chi connectivity index (χ0v) is 16.0. The highest BCUT2D eigenvalue weighted by molar-refractivity contribution is 7.16. The van der Waals surface area contributed by atoms with E-state index in [2.05, 4.69) is 20.3 Å². The predicted molar refractivity (Wildman–Crippen MR) is 107 cm³/mol. The second kappa shape index (κ2) is 5.50. The number of carboxylic acid groups (broad SMARTS) is 1. The molecule has 29 heavy (non-hydrogen) atoms. The summed E-state index contributed by atoms with van der Waals surface area (Å²) < 4.78 is 13.7. The minimum absolute atomic E-state index is 0.229. The number of aromatic amines is 1. The highest BCUT2D eigenvalue weighted by Gasteiger charge is 2.65. The summed E-state index contributed by atoms with van der Waals surface area (Å²) in [4.78, 5) is 29.0. The number of nitrogens with zero attached hydrogens (tertiary/aromatic N) is 3. The van der Waals surface area contributed by atoms with Crippen LogP contribution in [-0.2, 0) is 4.79 Å². The van der Waals surface area contributed by atoms with Gasteiger partial charge in [0.25, 0.3) is 0 Å². The highest BCUT2D eigenvalue weighted by Crippen LogP contribution is 2.62. The van der Waals surface area contributed by atoms with Crippen molar-refractivity contribution in [3.05, 3.63) is 35.7 Å². The van der Waals surface area contributed by atoms with Crippen LogP contribution in [0, 0.1) is 11.2 Å². The van der Waals surface area contributed by atoms with Gasteiger partial charge >= 0.3 is 5.97 Å². The Balaban J connectivity index is 1.44. The molecular formula is C20H16FN5O2S. The highest BCUT2D eigenvalue weighted by atomic mass is 32.1. The number of carboxylic acids is 1. The molecule has 0 spiro atoms. The van der Waals surface area contributed by atoms with E-state index in [1.807, 2.05) is 11.4 Å². The molecule has 3 N–H and O–H groups in total. The summed E-state index contributed by atoms with van der Waals surface area (Å²) >= 11 is 1.51. The molecule has 3 aliphatic rings. The normalized spacial score (nSPS) is 25.4. The van der Waals surface area contributed by atoms with Crippen molar-refractivity contribution in [1.82, 2.24) is 19.9 Å². The fourth-order valence-electron chi connectivity index (χ4n) is 4.97. The van der Waals surface area contributed by atoms with Crippen LogP contribution in [0.3, 0.4) is 0 Å². The van der Waals surface area contributed by atoms with E-state index in [4.69, 9.17) is 4.98 Å². The van der Waals surface area contributed by atoms with Crippen LogP contribution < -0.4 is 5.32 Å². The van der Waals surface area contributed by atoms with Crippen molar-refractivity contribution in [2.75, 3.05) is 5.32 Å². The van der Waals surface area contributed by atoms with Gasteiger partial charge in [0.2, 0.25) is 0 Å². The molecule has 0 aliphatic heterocycles. The van der Waals surface area contributed by atoms with Gasteiger partial charge in [0.1, 0.15) is 22.1 Å². The lowest BCUT2D eigenvalue weighted by molar-refractivity contribution is -0.153. The number of H-pyrrole nitrogens is 1. The molecule has 0 atom stereocenters. The molecular weight excluding hydrogens is 393 g/mol. The van der Waals surface area contributed by atoms with Crippen molar-refractivity contribution in [3.8, 4) is 11.4 Å². The van der Waals surface area contributed by atoms with Gasteiger partial charge in [0, 0.05) is 22.7 Å². The van der Waals surface area contributed by atoms with Crippen molar-refractivity contribution in [3.63, 3.8) is 0 Å². The first kappa shape index (κ1) is 16.8. The fraction of sp³-hybridized carbons (Fsp3) is 0.300. The van der Waals surface area contributed by atoms with Crippen molar-refractivity contribution in [1.29, 1.82) is 0 Å². The quantitative estimate of drug-likeness (QED) is 0.467. The van der Waals surface area contributed by atoms with Crippen LogP contribution in [0.2, 0.25) is 0 Å². The molecule has 0 radical (unpaired) electrons. The Hall–Kier alpha value is -3.07. The van der Waals surface area contributed by atoms with E-state index in [1.54, 1.807) is 6.20 Å². The monoisotopic (exact) mass is 409 g/mol. The molecule has 0 saturated heterocycles. The minimum atomic E-state index is -0.704. The van der Waals surface area contributed by atoms with E-state index in [-0.39, 0.29) is 5.54 Å². The maximum atomic E-state index is 13.7.